The Morgan fingerprint density at radius 1 is 1.12 bits per heavy atom. The molecule has 138 valence electrons. The van der Waals surface area contributed by atoms with Gasteiger partial charge in [-0.1, -0.05) is 22.8 Å². The molecule has 1 aromatic carbocycles. The molecule has 3 atom stereocenters. The number of rotatable bonds is 3. The van der Waals surface area contributed by atoms with Gasteiger partial charge >= 0.3 is 18.2 Å². The average Bonchev–Trinajstić information content (AvgIpc) is 3.40. The number of carboxylic acids is 1. The minimum Gasteiger partial charge on any atom is -0.479 e. The van der Waals surface area contributed by atoms with E-state index in [1.165, 1.54) is 5.01 Å². The van der Waals surface area contributed by atoms with Crippen LogP contribution in [0.4, 0.5) is 15.3 Å². The van der Waals surface area contributed by atoms with Gasteiger partial charge in [-0.05, 0) is 25.7 Å². The summed E-state index contributed by atoms with van der Waals surface area (Å²) in [6, 6.07) is 6.84. The summed E-state index contributed by atoms with van der Waals surface area (Å²) in [5.74, 6) is -1.08. The van der Waals surface area contributed by atoms with Crippen molar-refractivity contribution < 1.29 is 29.3 Å². The van der Waals surface area contributed by atoms with Crippen LogP contribution in [0.3, 0.4) is 0 Å². The third kappa shape index (κ3) is 2.36. The summed E-state index contributed by atoms with van der Waals surface area (Å²) < 4.78 is 4.33. The normalized spacial score (nSPS) is 28.9. The molecule has 2 saturated carbocycles. The van der Waals surface area contributed by atoms with Crippen molar-refractivity contribution in [1.82, 2.24) is 9.60 Å². The molecule has 3 aliphatic rings. The second-order valence-corrected chi connectivity index (χ2v) is 7.23. The van der Waals surface area contributed by atoms with Crippen molar-refractivity contribution in [3.8, 4) is 0 Å². The van der Waals surface area contributed by atoms with Crippen molar-refractivity contribution in [2.45, 2.75) is 44.2 Å². The number of nitrogens with zero attached hydrogens (tertiary/aromatic N) is 2. The molecular formula is C18H21N2O6+. The lowest BCUT2D eigenvalue weighted by Gasteiger charge is -2.54. The summed E-state index contributed by atoms with van der Waals surface area (Å²) in [5, 5.41) is 20.4. The van der Waals surface area contributed by atoms with Crippen LogP contribution in [0.15, 0.2) is 24.3 Å². The largest absolute Gasteiger partial charge is 0.544 e. The number of benzene rings is 1. The summed E-state index contributed by atoms with van der Waals surface area (Å²) in [7, 11) is 0. The third-order valence-electron chi connectivity index (χ3n) is 5.73. The molecule has 0 spiro atoms. The quantitative estimate of drug-likeness (QED) is 0.802. The van der Waals surface area contributed by atoms with Crippen LogP contribution in [0.2, 0.25) is 0 Å². The summed E-state index contributed by atoms with van der Waals surface area (Å²) in [5.41, 5.74) is 1.51. The molecule has 8 nitrogen and oxygen atoms in total. The molecule has 1 aliphatic heterocycles. The zero-order chi connectivity index (χ0) is 18.5. The van der Waals surface area contributed by atoms with Crippen molar-refractivity contribution in [2.24, 2.45) is 5.92 Å². The second-order valence-electron chi connectivity index (χ2n) is 7.23. The number of fused-ring (bicyclic) bond motifs is 2. The van der Waals surface area contributed by atoms with Crippen molar-refractivity contribution in [1.29, 1.82) is 0 Å². The number of ether oxygens (including phenoxy) is 1. The maximum Gasteiger partial charge on any atom is 0.544 e. The monoisotopic (exact) mass is 361 g/mol. The maximum absolute atomic E-state index is 12.8. The van der Waals surface area contributed by atoms with Gasteiger partial charge in [0.1, 0.15) is 6.04 Å². The summed E-state index contributed by atoms with van der Waals surface area (Å²) in [4.78, 5) is 36.2. The lowest BCUT2D eigenvalue weighted by molar-refractivity contribution is -0.141. The van der Waals surface area contributed by atoms with Crippen LogP contribution >= 0.6 is 0 Å². The van der Waals surface area contributed by atoms with Gasteiger partial charge in [0.2, 0.25) is 0 Å². The molecule has 4 rings (SSSR count). The lowest BCUT2D eigenvalue weighted by Crippen LogP contribution is -2.77. The van der Waals surface area contributed by atoms with Gasteiger partial charge in [-0.2, -0.15) is 4.79 Å². The van der Waals surface area contributed by atoms with E-state index in [1.807, 2.05) is 12.1 Å². The number of hydrogen-bond donors (Lipinski definition) is 2. The first kappa shape index (κ1) is 16.8. The van der Waals surface area contributed by atoms with Gasteiger partial charge in [-0.25, -0.2) is 9.59 Å². The number of aliphatic carboxylic acids is 1. The molecule has 1 aromatic rings. The molecule has 2 N–H and O–H groups in total. The molecule has 26 heavy (non-hydrogen) atoms. The first-order valence-corrected chi connectivity index (χ1v) is 8.85. The number of hydrogen-bond acceptors (Lipinski definition) is 4. The van der Waals surface area contributed by atoms with E-state index < -0.39 is 29.4 Å². The molecule has 2 fully saturated rings. The fourth-order valence-corrected chi connectivity index (χ4v) is 4.42. The topological polar surface area (TPSA) is 104 Å². The van der Waals surface area contributed by atoms with E-state index in [0.29, 0.717) is 24.9 Å². The molecular weight excluding hydrogens is 340 g/mol. The van der Waals surface area contributed by atoms with Gasteiger partial charge < -0.3 is 14.9 Å². The molecule has 0 bridgehead atoms. The highest BCUT2D eigenvalue weighted by molar-refractivity contribution is 5.88. The van der Waals surface area contributed by atoms with Crippen LogP contribution in [0.25, 0.3) is 0 Å². The Hall–Kier alpha value is -2.61. The highest BCUT2D eigenvalue weighted by Crippen LogP contribution is 2.52. The Morgan fingerprint density at radius 3 is 2.42 bits per heavy atom. The number of carboxylic acid groups (broad SMARTS) is 2. The van der Waals surface area contributed by atoms with E-state index >= 15 is 0 Å². The third-order valence-corrected chi connectivity index (χ3v) is 5.73. The van der Waals surface area contributed by atoms with E-state index in [0.717, 1.165) is 18.4 Å². The smallest absolute Gasteiger partial charge is 0.479 e. The fourth-order valence-electron chi connectivity index (χ4n) is 4.42. The second kappa shape index (κ2) is 5.98. The lowest BCUT2D eigenvalue weighted by atomic mass is 9.71. The zero-order valence-corrected chi connectivity index (χ0v) is 14.2. The van der Waals surface area contributed by atoms with Gasteiger partial charge in [0, 0.05) is 24.0 Å². The van der Waals surface area contributed by atoms with Gasteiger partial charge in [-0.15, -0.1) is 5.01 Å². The Bertz CT molecular complexity index is 777. The van der Waals surface area contributed by atoms with E-state index in [2.05, 4.69) is 0 Å². The zero-order valence-electron chi connectivity index (χ0n) is 14.2. The Labute approximate surface area is 150 Å². The van der Waals surface area contributed by atoms with Crippen LogP contribution in [0.5, 0.6) is 0 Å². The molecule has 1 unspecified atom stereocenters. The van der Waals surface area contributed by atoms with E-state index in [9.17, 15) is 19.5 Å². The molecule has 0 radical (unpaired) electrons. The van der Waals surface area contributed by atoms with E-state index in [-0.39, 0.29) is 18.0 Å². The highest BCUT2D eigenvalue weighted by Gasteiger charge is 2.66. The number of para-hydroxylation sites is 1. The molecule has 0 aromatic heterocycles. The number of quaternary nitrogens is 1. The minimum absolute atomic E-state index is 0.189. The number of carbonyl (C=O) groups is 3. The molecule has 1 heterocycles. The molecule has 8 heteroatoms. The standard InChI is InChI=1S/C18H20N2O6/c21-16(22)10-26-17(23)19(13-6-7-13)20(18(24)25)14-4-2-1-3-11(14)9-12-5-8-15(12)20/h1-4,12-13,15H,5-10H2,(H-,21,22,24,25)/p+1/t12-,15-,20?/m1/s1. The maximum atomic E-state index is 12.8. The number of amides is 2. The highest BCUT2D eigenvalue weighted by atomic mass is 16.6. The van der Waals surface area contributed by atoms with Gasteiger partial charge in [0.25, 0.3) is 0 Å². The van der Waals surface area contributed by atoms with Gasteiger partial charge in [-0.3, -0.25) is 0 Å². The summed E-state index contributed by atoms with van der Waals surface area (Å²) in [6.45, 7) is -0.780. The molecule has 0 saturated heterocycles. The van der Waals surface area contributed by atoms with Crippen LogP contribution in [0, 0.1) is 5.92 Å². The van der Waals surface area contributed by atoms with Crippen LogP contribution < -0.4 is 4.59 Å². The Balaban J connectivity index is 1.83. The Kier molecular flexibility index (Phi) is 3.87. The van der Waals surface area contributed by atoms with E-state index in [4.69, 9.17) is 9.84 Å². The predicted molar refractivity (Wildman–Crippen MR) is 90.3 cm³/mol. The summed E-state index contributed by atoms with van der Waals surface area (Å²) >= 11 is 0. The van der Waals surface area contributed by atoms with Crippen molar-refractivity contribution in [3.05, 3.63) is 29.8 Å². The van der Waals surface area contributed by atoms with Gasteiger partial charge in [0.15, 0.2) is 12.3 Å². The summed E-state index contributed by atoms with van der Waals surface area (Å²) in [6.07, 6.45) is 1.82. The minimum atomic E-state index is -1.27. The predicted octanol–water partition coefficient (Wildman–Crippen LogP) is 2.61. The SMILES string of the molecule is O=C(O)COC(=O)N(C1CC1)[N+]1(C(=O)O)c2ccccc2C[C@H]2CC[C@H]21. The van der Waals surface area contributed by atoms with Crippen LogP contribution in [0.1, 0.15) is 31.2 Å². The first-order chi connectivity index (χ1) is 12.5. The molecule has 2 aliphatic carbocycles. The van der Waals surface area contributed by atoms with Crippen LogP contribution in [-0.2, 0) is 16.0 Å². The first-order valence-electron chi connectivity index (χ1n) is 8.85. The fraction of sp³-hybridized carbons (Fsp3) is 0.500. The molecule has 2 amide bonds. The van der Waals surface area contributed by atoms with Crippen molar-refractivity contribution in [3.63, 3.8) is 0 Å². The van der Waals surface area contributed by atoms with Crippen LogP contribution in [-0.4, -0.2) is 52.1 Å². The van der Waals surface area contributed by atoms with E-state index in [1.54, 1.807) is 12.1 Å². The van der Waals surface area contributed by atoms with Crippen molar-refractivity contribution >= 4 is 23.8 Å². The average molecular weight is 361 g/mol. The Morgan fingerprint density at radius 2 is 1.85 bits per heavy atom. The number of carbonyl (C=O) groups excluding carboxylic acids is 1. The van der Waals surface area contributed by atoms with Gasteiger partial charge in [0.05, 0.1) is 6.04 Å². The van der Waals surface area contributed by atoms with Crippen molar-refractivity contribution in [2.75, 3.05) is 6.61 Å².